The van der Waals surface area contributed by atoms with Gasteiger partial charge in [0.1, 0.15) is 5.82 Å². The highest BCUT2D eigenvalue weighted by atomic mass is 35.5. The van der Waals surface area contributed by atoms with Gasteiger partial charge in [0.05, 0.1) is 5.56 Å². The summed E-state index contributed by atoms with van der Waals surface area (Å²) in [4.78, 5) is 19.9. The number of aryl methyl sites for hydroxylation is 2. The van der Waals surface area contributed by atoms with Gasteiger partial charge in [-0.25, -0.2) is 9.78 Å². The molecule has 3 N–H and O–H groups in total. The number of halogens is 1. The molecular weight excluding hydrogens is 352 g/mol. The van der Waals surface area contributed by atoms with Crippen LogP contribution >= 0.6 is 11.6 Å². The first-order chi connectivity index (χ1) is 12.4. The summed E-state index contributed by atoms with van der Waals surface area (Å²) >= 11 is 5.98. The third-order valence-corrected chi connectivity index (χ3v) is 3.91. The van der Waals surface area contributed by atoms with Crippen LogP contribution in [0.15, 0.2) is 48.5 Å². The lowest BCUT2D eigenvalue weighted by Crippen LogP contribution is -2.04. The summed E-state index contributed by atoms with van der Waals surface area (Å²) < 4.78 is 0. The number of carbonyl (C=O) groups is 1. The van der Waals surface area contributed by atoms with E-state index in [0.29, 0.717) is 22.5 Å². The van der Waals surface area contributed by atoms with Gasteiger partial charge in [-0.2, -0.15) is 4.98 Å². The fourth-order valence-electron chi connectivity index (χ4n) is 2.45. The monoisotopic (exact) mass is 368 g/mol. The number of anilines is 4. The zero-order chi connectivity index (χ0) is 18.7. The lowest BCUT2D eigenvalue weighted by molar-refractivity contribution is 0.0697. The van der Waals surface area contributed by atoms with E-state index in [2.05, 4.69) is 20.6 Å². The molecule has 0 saturated carbocycles. The van der Waals surface area contributed by atoms with E-state index in [4.69, 9.17) is 16.7 Å². The van der Waals surface area contributed by atoms with Crippen LogP contribution in [0.2, 0.25) is 5.02 Å². The molecule has 0 unspecified atom stereocenters. The Bertz CT molecular complexity index is 976. The molecule has 0 aliphatic carbocycles. The minimum absolute atomic E-state index is 0.205. The molecule has 0 fully saturated rings. The SMILES string of the molecule is Cc1cc(Nc2cccc(C(=O)O)c2)nc(Nc2ccc(Cl)cc2C)n1. The van der Waals surface area contributed by atoms with Crippen LogP contribution in [-0.4, -0.2) is 21.0 Å². The maximum absolute atomic E-state index is 11.1. The quantitative estimate of drug-likeness (QED) is 0.591. The molecule has 6 nitrogen and oxygen atoms in total. The van der Waals surface area contributed by atoms with Crippen molar-refractivity contribution in [3.8, 4) is 0 Å². The molecular formula is C19H17ClN4O2. The number of hydrogen-bond donors (Lipinski definition) is 3. The van der Waals surface area contributed by atoms with Crippen LogP contribution in [-0.2, 0) is 0 Å². The fraction of sp³-hybridized carbons (Fsp3) is 0.105. The van der Waals surface area contributed by atoms with Crippen molar-refractivity contribution in [1.29, 1.82) is 0 Å². The lowest BCUT2D eigenvalue weighted by Gasteiger charge is -2.12. The van der Waals surface area contributed by atoms with Gasteiger partial charge in [0, 0.05) is 28.2 Å². The smallest absolute Gasteiger partial charge is 0.335 e. The minimum atomic E-state index is -0.979. The Morgan fingerprint density at radius 2 is 1.85 bits per heavy atom. The second-order valence-corrected chi connectivity index (χ2v) is 6.25. The van der Waals surface area contributed by atoms with Crippen LogP contribution < -0.4 is 10.6 Å². The molecule has 1 heterocycles. The number of carboxylic acids is 1. The van der Waals surface area contributed by atoms with Crippen LogP contribution in [0.25, 0.3) is 0 Å². The molecule has 0 radical (unpaired) electrons. The molecule has 26 heavy (non-hydrogen) atoms. The van der Waals surface area contributed by atoms with Gasteiger partial charge in [-0.05, 0) is 55.8 Å². The van der Waals surface area contributed by atoms with Gasteiger partial charge in [-0.3, -0.25) is 0 Å². The summed E-state index contributed by atoms with van der Waals surface area (Å²) in [5, 5.41) is 16.1. The molecule has 0 spiro atoms. The highest BCUT2D eigenvalue weighted by Gasteiger charge is 2.07. The van der Waals surface area contributed by atoms with E-state index in [9.17, 15) is 4.79 Å². The van der Waals surface area contributed by atoms with Crippen molar-refractivity contribution >= 4 is 40.7 Å². The first-order valence-corrected chi connectivity index (χ1v) is 8.28. The van der Waals surface area contributed by atoms with Crippen LogP contribution in [0.1, 0.15) is 21.6 Å². The summed E-state index contributed by atoms with van der Waals surface area (Å²) in [6.45, 7) is 3.81. The molecule has 2 aromatic carbocycles. The number of benzene rings is 2. The number of hydrogen-bond acceptors (Lipinski definition) is 5. The van der Waals surface area contributed by atoms with E-state index in [1.165, 1.54) is 6.07 Å². The molecule has 3 rings (SSSR count). The highest BCUT2D eigenvalue weighted by Crippen LogP contribution is 2.24. The molecule has 0 aliphatic rings. The van der Waals surface area contributed by atoms with Crippen molar-refractivity contribution in [2.24, 2.45) is 0 Å². The summed E-state index contributed by atoms with van der Waals surface area (Å²) in [6.07, 6.45) is 0. The third-order valence-electron chi connectivity index (χ3n) is 3.67. The predicted molar refractivity (Wildman–Crippen MR) is 103 cm³/mol. The molecule has 0 atom stereocenters. The first-order valence-electron chi connectivity index (χ1n) is 7.90. The van der Waals surface area contributed by atoms with Gasteiger partial charge in [0.15, 0.2) is 0 Å². The van der Waals surface area contributed by atoms with Gasteiger partial charge < -0.3 is 15.7 Å². The van der Waals surface area contributed by atoms with E-state index >= 15 is 0 Å². The summed E-state index contributed by atoms with van der Waals surface area (Å²) in [5.41, 5.74) is 3.45. The molecule has 132 valence electrons. The first kappa shape index (κ1) is 17.7. The van der Waals surface area contributed by atoms with Crippen molar-refractivity contribution in [1.82, 2.24) is 9.97 Å². The van der Waals surface area contributed by atoms with E-state index in [0.717, 1.165) is 16.9 Å². The molecule has 0 aliphatic heterocycles. The fourth-order valence-corrected chi connectivity index (χ4v) is 2.68. The maximum atomic E-state index is 11.1. The Kier molecular flexibility index (Phi) is 5.04. The second kappa shape index (κ2) is 7.41. The Balaban J connectivity index is 1.85. The summed E-state index contributed by atoms with van der Waals surface area (Å²) in [5.74, 6) is 0.0227. The molecule has 1 aromatic heterocycles. The highest BCUT2D eigenvalue weighted by molar-refractivity contribution is 6.30. The van der Waals surface area contributed by atoms with Crippen LogP contribution in [0.4, 0.5) is 23.1 Å². The number of rotatable bonds is 5. The number of carboxylic acid groups (broad SMARTS) is 1. The van der Waals surface area contributed by atoms with Gasteiger partial charge in [-0.15, -0.1) is 0 Å². The zero-order valence-electron chi connectivity index (χ0n) is 14.2. The zero-order valence-corrected chi connectivity index (χ0v) is 15.0. The Labute approximate surface area is 155 Å². The van der Waals surface area contributed by atoms with Crippen molar-refractivity contribution in [2.45, 2.75) is 13.8 Å². The van der Waals surface area contributed by atoms with Crippen molar-refractivity contribution < 1.29 is 9.90 Å². The second-order valence-electron chi connectivity index (χ2n) is 5.81. The van der Waals surface area contributed by atoms with Crippen molar-refractivity contribution in [2.75, 3.05) is 10.6 Å². The van der Waals surface area contributed by atoms with E-state index in [1.807, 2.05) is 26.0 Å². The topological polar surface area (TPSA) is 87.1 Å². The maximum Gasteiger partial charge on any atom is 0.335 e. The Hall–Kier alpha value is -3.12. The van der Waals surface area contributed by atoms with Crippen LogP contribution in [0, 0.1) is 13.8 Å². The standard InChI is InChI=1S/C19H17ClN4O2/c1-11-8-14(20)6-7-16(11)23-19-21-12(2)9-17(24-19)22-15-5-3-4-13(10-15)18(25)26/h3-10H,1-2H3,(H,25,26)(H2,21,22,23,24). The molecule has 7 heteroatoms. The van der Waals surface area contributed by atoms with E-state index in [-0.39, 0.29) is 5.56 Å². The summed E-state index contributed by atoms with van der Waals surface area (Å²) in [6, 6.07) is 13.8. The van der Waals surface area contributed by atoms with Crippen LogP contribution in [0.5, 0.6) is 0 Å². The van der Waals surface area contributed by atoms with Crippen molar-refractivity contribution in [3.63, 3.8) is 0 Å². The number of aromatic carboxylic acids is 1. The number of nitrogens with zero attached hydrogens (tertiary/aromatic N) is 2. The number of nitrogens with one attached hydrogen (secondary N) is 2. The molecule has 0 bridgehead atoms. The van der Waals surface area contributed by atoms with Gasteiger partial charge >= 0.3 is 5.97 Å². The van der Waals surface area contributed by atoms with Crippen molar-refractivity contribution in [3.05, 3.63) is 70.4 Å². The molecule has 3 aromatic rings. The lowest BCUT2D eigenvalue weighted by atomic mass is 10.2. The van der Waals surface area contributed by atoms with E-state index in [1.54, 1.807) is 30.3 Å². The molecule has 0 saturated heterocycles. The van der Waals surface area contributed by atoms with Gasteiger partial charge in [0.2, 0.25) is 5.95 Å². The molecule has 0 amide bonds. The third kappa shape index (κ3) is 4.29. The van der Waals surface area contributed by atoms with Crippen LogP contribution in [0.3, 0.4) is 0 Å². The number of aromatic nitrogens is 2. The average molecular weight is 369 g/mol. The van der Waals surface area contributed by atoms with Gasteiger partial charge in [-0.1, -0.05) is 17.7 Å². The largest absolute Gasteiger partial charge is 0.478 e. The predicted octanol–water partition coefficient (Wildman–Crippen LogP) is 4.93. The van der Waals surface area contributed by atoms with Gasteiger partial charge in [0.25, 0.3) is 0 Å². The Morgan fingerprint density at radius 3 is 2.58 bits per heavy atom. The average Bonchev–Trinajstić information content (AvgIpc) is 2.57. The minimum Gasteiger partial charge on any atom is -0.478 e. The normalized spacial score (nSPS) is 10.4. The summed E-state index contributed by atoms with van der Waals surface area (Å²) in [7, 11) is 0. The van der Waals surface area contributed by atoms with E-state index < -0.39 is 5.97 Å². The Morgan fingerprint density at radius 1 is 1.04 bits per heavy atom.